The summed E-state index contributed by atoms with van der Waals surface area (Å²) in [4.78, 5) is 14.7. The van der Waals surface area contributed by atoms with Crippen molar-refractivity contribution < 1.29 is 4.79 Å². The molecule has 0 unspecified atom stereocenters. The molecule has 98 valence electrons. The first-order chi connectivity index (χ1) is 8.03. The van der Waals surface area contributed by atoms with Crippen LogP contribution in [0, 0.1) is 11.8 Å². The zero-order valence-electron chi connectivity index (χ0n) is 11.5. The molecule has 2 aliphatic rings. The van der Waals surface area contributed by atoms with Gasteiger partial charge in [0.15, 0.2) is 0 Å². The summed E-state index contributed by atoms with van der Waals surface area (Å²) in [6.45, 7) is 8.90. The lowest BCUT2D eigenvalue weighted by atomic mass is 10.0. The van der Waals surface area contributed by atoms with Crippen molar-refractivity contribution in [3.63, 3.8) is 0 Å². The van der Waals surface area contributed by atoms with E-state index in [4.69, 9.17) is 0 Å². The first kappa shape index (κ1) is 12.9. The second kappa shape index (κ2) is 4.97. The quantitative estimate of drug-likeness (QED) is 0.736. The Morgan fingerprint density at radius 1 is 1.18 bits per heavy atom. The topological polar surface area (TPSA) is 32.3 Å². The predicted molar refractivity (Wildman–Crippen MR) is 69.8 cm³/mol. The predicted octanol–water partition coefficient (Wildman–Crippen LogP) is 2.02. The molecule has 1 N–H and O–H groups in total. The molecule has 2 fully saturated rings. The van der Waals surface area contributed by atoms with E-state index in [2.05, 4.69) is 17.1 Å². The first-order valence-corrected chi connectivity index (χ1v) is 7.07. The van der Waals surface area contributed by atoms with E-state index in [1.54, 1.807) is 0 Å². The van der Waals surface area contributed by atoms with Crippen LogP contribution in [0.4, 0.5) is 0 Å². The molecule has 17 heavy (non-hydrogen) atoms. The molecule has 0 atom stereocenters. The van der Waals surface area contributed by atoms with Crippen LogP contribution in [0.15, 0.2) is 0 Å². The molecule has 1 amide bonds. The van der Waals surface area contributed by atoms with E-state index in [1.165, 1.54) is 25.7 Å². The number of hydrogen-bond donors (Lipinski definition) is 1. The standard InChI is InChI=1S/C14H26N2O/c1-4-15-14(2,3)13(17)16(9-11-5-6-11)10-12-7-8-12/h11-12,15H,4-10H2,1-3H3. The number of amides is 1. The molecule has 0 radical (unpaired) electrons. The van der Waals surface area contributed by atoms with Gasteiger partial charge in [-0.1, -0.05) is 6.92 Å². The van der Waals surface area contributed by atoms with Gasteiger partial charge in [-0.3, -0.25) is 4.79 Å². The maximum atomic E-state index is 12.5. The summed E-state index contributed by atoms with van der Waals surface area (Å²) in [5.41, 5.74) is -0.404. The minimum Gasteiger partial charge on any atom is -0.341 e. The SMILES string of the molecule is CCNC(C)(C)C(=O)N(CC1CC1)CC1CC1. The van der Waals surface area contributed by atoms with Crippen molar-refractivity contribution in [2.45, 2.75) is 52.0 Å². The molecule has 3 heteroatoms. The molecule has 2 rings (SSSR count). The van der Waals surface area contributed by atoms with Crippen LogP contribution in [0.1, 0.15) is 46.5 Å². The fraction of sp³-hybridized carbons (Fsp3) is 0.929. The highest BCUT2D eigenvalue weighted by molar-refractivity contribution is 5.85. The Hall–Kier alpha value is -0.570. The molecule has 2 saturated carbocycles. The van der Waals surface area contributed by atoms with Crippen LogP contribution in [0.2, 0.25) is 0 Å². The molecule has 0 spiro atoms. The zero-order chi connectivity index (χ0) is 12.5. The number of nitrogens with one attached hydrogen (secondary N) is 1. The van der Waals surface area contributed by atoms with Crippen molar-refractivity contribution in [1.29, 1.82) is 0 Å². The Labute approximate surface area is 105 Å². The van der Waals surface area contributed by atoms with Gasteiger partial charge in [0.25, 0.3) is 0 Å². The van der Waals surface area contributed by atoms with E-state index in [0.717, 1.165) is 31.5 Å². The average Bonchev–Trinajstić information content (AvgIpc) is 3.09. The molecule has 0 saturated heterocycles. The van der Waals surface area contributed by atoms with Crippen LogP contribution < -0.4 is 5.32 Å². The molecule has 0 aromatic carbocycles. The summed E-state index contributed by atoms with van der Waals surface area (Å²) in [7, 11) is 0. The van der Waals surface area contributed by atoms with Crippen LogP contribution in [0.5, 0.6) is 0 Å². The summed E-state index contributed by atoms with van der Waals surface area (Å²) in [5.74, 6) is 1.86. The average molecular weight is 238 g/mol. The van der Waals surface area contributed by atoms with E-state index >= 15 is 0 Å². The lowest BCUT2D eigenvalue weighted by Gasteiger charge is -2.32. The van der Waals surface area contributed by atoms with Gasteiger partial charge in [0.05, 0.1) is 5.54 Å². The molecule has 3 nitrogen and oxygen atoms in total. The zero-order valence-corrected chi connectivity index (χ0v) is 11.5. The van der Waals surface area contributed by atoms with Gasteiger partial charge in [0.1, 0.15) is 0 Å². The highest BCUT2D eigenvalue weighted by atomic mass is 16.2. The second-order valence-electron chi connectivity index (χ2n) is 6.25. The van der Waals surface area contributed by atoms with Crippen molar-refractivity contribution in [3.05, 3.63) is 0 Å². The second-order valence-corrected chi connectivity index (χ2v) is 6.25. The number of rotatable bonds is 7. The lowest BCUT2D eigenvalue weighted by molar-refractivity contribution is -0.137. The molecule has 2 aliphatic carbocycles. The fourth-order valence-electron chi connectivity index (χ4n) is 2.38. The minimum atomic E-state index is -0.404. The monoisotopic (exact) mass is 238 g/mol. The van der Waals surface area contributed by atoms with E-state index in [9.17, 15) is 4.79 Å². The van der Waals surface area contributed by atoms with Gasteiger partial charge in [-0.2, -0.15) is 0 Å². The molecular formula is C14H26N2O. The largest absolute Gasteiger partial charge is 0.341 e. The molecule has 0 heterocycles. The molecule has 0 bridgehead atoms. The number of hydrogen-bond acceptors (Lipinski definition) is 2. The normalized spacial score (nSPS) is 20.4. The van der Waals surface area contributed by atoms with Crippen molar-refractivity contribution in [3.8, 4) is 0 Å². The molecule has 0 aromatic rings. The van der Waals surface area contributed by atoms with E-state index in [1.807, 2.05) is 13.8 Å². The van der Waals surface area contributed by atoms with Crippen molar-refractivity contribution in [2.24, 2.45) is 11.8 Å². The van der Waals surface area contributed by atoms with Gasteiger partial charge in [-0.05, 0) is 57.9 Å². The Morgan fingerprint density at radius 2 is 1.65 bits per heavy atom. The Bertz CT molecular complexity index is 266. The number of carbonyl (C=O) groups is 1. The first-order valence-electron chi connectivity index (χ1n) is 7.07. The maximum Gasteiger partial charge on any atom is 0.242 e. The number of likely N-dealkylation sites (N-methyl/N-ethyl adjacent to an activating group) is 1. The van der Waals surface area contributed by atoms with Crippen molar-refractivity contribution >= 4 is 5.91 Å². The van der Waals surface area contributed by atoms with Crippen LogP contribution in [0.25, 0.3) is 0 Å². The van der Waals surface area contributed by atoms with Gasteiger partial charge in [0.2, 0.25) is 5.91 Å². The fourth-order valence-corrected chi connectivity index (χ4v) is 2.38. The summed E-state index contributed by atoms with van der Waals surface area (Å²) >= 11 is 0. The van der Waals surface area contributed by atoms with E-state index in [-0.39, 0.29) is 5.91 Å². The Morgan fingerprint density at radius 3 is 2.00 bits per heavy atom. The summed E-state index contributed by atoms with van der Waals surface area (Å²) in [6, 6.07) is 0. The highest BCUT2D eigenvalue weighted by Crippen LogP contribution is 2.34. The molecular weight excluding hydrogens is 212 g/mol. The summed E-state index contributed by atoms with van der Waals surface area (Å²) in [5, 5.41) is 3.30. The van der Waals surface area contributed by atoms with Gasteiger partial charge in [0, 0.05) is 13.1 Å². The van der Waals surface area contributed by atoms with Crippen LogP contribution >= 0.6 is 0 Å². The van der Waals surface area contributed by atoms with Crippen LogP contribution in [0.3, 0.4) is 0 Å². The highest BCUT2D eigenvalue weighted by Gasteiger charge is 2.37. The minimum absolute atomic E-state index is 0.290. The Kier molecular flexibility index (Phi) is 3.76. The number of nitrogens with zero attached hydrogens (tertiary/aromatic N) is 1. The Balaban J connectivity index is 1.93. The third kappa shape index (κ3) is 3.70. The van der Waals surface area contributed by atoms with Crippen molar-refractivity contribution in [1.82, 2.24) is 10.2 Å². The summed E-state index contributed by atoms with van der Waals surface area (Å²) < 4.78 is 0. The maximum absolute atomic E-state index is 12.5. The van der Waals surface area contributed by atoms with Gasteiger partial charge in [-0.15, -0.1) is 0 Å². The van der Waals surface area contributed by atoms with Crippen molar-refractivity contribution in [2.75, 3.05) is 19.6 Å². The smallest absolute Gasteiger partial charge is 0.242 e. The molecule has 0 aliphatic heterocycles. The van der Waals surface area contributed by atoms with Crippen LogP contribution in [-0.4, -0.2) is 36.0 Å². The third-order valence-electron chi connectivity index (χ3n) is 3.79. The molecule has 0 aromatic heterocycles. The van der Waals surface area contributed by atoms with E-state index < -0.39 is 5.54 Å². The number of carbonyl (C=O) groups excluding carboxylic acids is 1. The van der Waals surface area contributed by atoms with Crippen LogP contribution in [-0.2, 0) is 4.79 Å². The summed E-state index contributed by atoms with van der Waals surface area (Å²) in [6.07, 6.45) is 5.26. The van der Waals surface area contributed by atoms with Gasteiger partial charge < -0.3 is 10.2 Å². The van der Waals surface area contributed by atoms with Gasteiger partial charge >= 0.3 is 0 Å². The lowest BCUT2D eigenvalue weighted by Crippen LogP contribution is -2.54. The third-order valence-corrected chi connectivity index (χ3v) is 3.79. The van der Waals surface area contributed by atoms with E-state index in [0.29, 0.717) is 0 Å². The van der Waals surface area contributed by atoms with Gasteiger partial charge in [-0.25, -0.2) is 0 Å².